The third-order valence-electron chi connectivity index (χ3n) is 5.10. The standard InChI is InChI=1S/C17H25N5O/c1-13-7-10-21(8-4-9-22-12-18-19-20-22)17(14(13)2)15-5-3-6-16(23)11-15/h3,5-6,11-14,17,23H,4,7-10H2,1-2H3/t13-,14+,17?/m0/s1. The molecule has 0 radical (unpaired) electrons. The van der Waals surface area contributed by atoms with E-state index in [0.717, 1.165) is 26.1 Å². The van der Waals surface area contributed by atoms with Gasteiger partial charge in [-0.25, -0.2) is 4.68 Å². The van der Waals surface area contributed by atoms with Gasteiger partial charge in [0.2, 0.25) is 0 Å². The predicted octanol–water partition coefficient (Wildman–Crippen LogP) is 2.49. The Bertz CT molecular complexity index is 615. The van der Waals surface area contributed by atoms with Gasteiger partial charge in [0, 0.05) is 19.1 Å². The number of aromatic hydroxyl groups is 1. The molecule has 2 heterocycles. The van der Waals surface area contributed by atoms with Gasteiger partial charge in [-0.15, -0.1) is 5.10 Å². The highest BCUT2D eigenvalue weighted by molar-refractivity contribution is 5.30. The molecule has 1 aliphatic heterocycles. The summed E-state index contributed by atoms with van der Waals surface area (Å²) >= 11 is 0. The Kier molecular flexibility index (Phi) is 4.91. The molecule has 2 aromatic rings. The Morgan fingerprint density at radius 1 is 1.26 bits per heavy atom. The van der Waals surface area contributed by atoms with Crippen molar-refractivity contribution in [2.75, 3.05) is 13.1 Å². The molecule has 1 fully saturated rings. The number of hydrogen-bond donors (Lipinski definition) is 1. The summed E-state index contributed by atoms with van der Waals surface area (Å²) in [6.45, 7) is 7.60. The Labute approximate surface area is 137 Å². The fourth-order valence-corrected chi connectivity index (χ4v) is 3.61. The summed E-state index contributed by atoms with van der Waals surface area (Å²) in [7, 11) is 0. The molecule has 1 aromatic heterocycles. The van der Waals surface area contributed by atoms with E-state index in [1.165, 1.54) is 12.0 Å². The van der Waals surface area contributed by atoms with E-state index < -0.39 is 0 Å². The molecular weight excluding hydrogens is 290 g/mol. The Morgan fingerprint density at radius 3 is 2.87 bits per heavy atom. The lowest BCUT2D eigenvalue weighted by atomic mass is 9.79. The summed E-state index contributed by atoms with van der Waals surface area (Å²) < 4.78 is 1.78. The molecule has 6 heteroatoms. The largest absolute Gasteiger partial charge is 0.508 e. The average molecular weight is 315 g/mol. The fourth-order valence-electron chi connectivity index (χ4n) is 3.61. The highest BCUT2D eigenvalue weighted by Gasteiger charge is 2.33. The molecule has 0 amide bonds. The predicted molar refractivity (Wildman–Crippen MR) is 87.8 cm³/mol. The van der Waals surface area contributed by atoms with Crippen LogP contribution in [0.3, 0.4) is 0 Å². The van der Waals surface area contributed by atoms with E-state index in [0.29, 0.717) is 23.6 Å². The average Bonchev–Trinajstić information content (AvgIpc) is 3.04. The van der Waals surface area contributed by atoms with Crippen LogP contribution in [0.25, 0.3) is 0 Å². The second-order valence-corrected chi connectivity index (χ2v) is 6.63. The van der Waals surface area contributed by atoms with Gasteiger partial charge in [-0.1, -0.05) is 26.0 Å². The van der Waals surface area contributed by atoms with Crippen LogP contribution >= 0.6 is 0 Å². The lowest BCUT2D eigenvalue weighted by Crippen LogP contribution is -2.42. The second-order valence-electron chi connectivity index (χ2n) is 6.63. The summed E-state index contributed by atoms with van der Waals surface area (Å²) in [5.41, 5.74) is 1.21. The molecule has 1 aliphatic rings. The van der Waals surface area contributed by atoms with Gasteiger partial charge in [0.05, 0.1) is 0 Å². The van der Waals surface area contributed by atoms with Crippen LogP contribution in [0.2, 0.25) is 0 Å². The summed E-state index contributed by atoms with van der Waals surface area (Å²) in [6, 6.07) is 8.08. The Morgan fingerprint density at radius 2 is 2.13 bits per heavy atom. The molecule has 1 aromatic carbocycles. The number of aryl methyl sites for hydroxylation is 1. The minimum atomic E-state index is 0.349. The zero-order valence-corrected chi connectivity index (χ0v) is 13.8. The van der Waals surface area contributed by atoms with Gasteiger partial charge in [-0.3, -0.25) is 4.90 Å². The molecule has 3 atom stereocenters. The number of nitrogens with zero attached hydrogens (tertiary/aromatic N) is 5. The first-order valence-electron chi connectivity index (χ1n) is 8.39. The fraction of sp³-hybridized carbons (Fsp3) is 0.588. The van der Waals surface area contributed by atoms with Gasteiger partial charge in [0.1, 0.15) is 12.1 Å². The number of phenols is 1. The third-order valence-corrected chi connectivity index (χ3v) is 5.10. The minimum Gasteiger partial charge on any atom is -0.508 e. The number of rotatable bonds is 5. The van der Waals surface area contributed by atoms with E-state index in [1.807, 2.05) is 12.1 Å². The van der Waals surface area contributed by atoms with Crippen molar-refractivity contribution in [3.05, 3.63) is 36.2 Å². The van der Waals surface area contributed by atoms with Crippen molar-refractivity contribution in [3.63, 3.8) is 0 Å². The van der Waals surface area contributed by atoms with Gasteiger partial charge in [0.15, 0.2) is 0 Å². The smallest absolute Gasteiger partial charge is 0.138 e. The van der Waals surface area contributed by atoms with Crippen molar-refractivity contribution >= 4 is 0 Å². The van der Waals surface area contributed by atoms with E-state index in [-0.39, 0.29) is 0 Å². The van der Waals surface area contributed by atoms with Crippen LogP contribution in [0.15, 0.2) is 30.6 Å². The van der Waals surface area contributed by atoms with Gasteiger partial charge in [0.25, 0.3) is 0 Å². The van der Waals surface area contributed by atoms with Crippen LogP contribution in [-0.2, 0) is 6.54 Å². The summed E-state index contributed by atoms with van der Waals surface area (Å²) in [4.78, 5) is 2.55. The monoisotopic (exact) mass is 315 g/mol. The lowest BCUT2D eigenvalue weighted by Gasteiger charge is -2.43. The number of benzene rings is 1. The molecule has 3 rings (SSSR count). The van der Waals surface area contributed by atoms with E-state index >= 15 is 0 Å². The first kappa shape index (κ1) is 15.9. The van der Waals surface area contributed by atoms with Gasteiger partial charge >= 0.3 is 0 Å². The molecule has 0 aliphatic carbocycles. The quantitative estimate of drug-likeness (QED) is 0.918. The molecule has 1 unspecified atom stereocenters. The van der Waals surface area contributed by atoms with E-state index in [9.17, 15) is 5.11 Å². The molecule has 23 heavy (non-hydrogen) atoms. The van der Waals surface area contributed by atoms with Crippen molar-refractivity contribution in [1.82, 2.24) is 25.1 Å². The Hall–Kier alpha value is -1.95. The van der Waals surface area contributed by atoms with E-state index in [4.69, 9.17) is 0 Å². The zero-order valence-electron chi connectivity index (χ0n) is 13.8. The van der Waals surface area contributed by atoms with E-state index in [1.54, 1.807) is 17.1 Å². The van der Waals surface area contributed by atoms with Crippen LogP contribution in [0.5, 0.6) is 5.75 Å². The molecule has 0 spiro atoms. The van der Waals surface area contributed by atoms with Crippen LogP contribution in [0, 0.1) is 11.8 Å². The molecule has 0 saturated carbocycles. The second kappa shape index (κ2) is 7.08. The zero-order chi connectivity index (χ0) is 16.2. The summed E-state index contributed by atoms with van der Waals surface area (Å²) in [6.07, 6.45) is 3.90. The number of hydrogen-bond acceptors (Lipinski definition) is 5. The minimum absolute atomic E-state index is 0.349. The van der Waals surface area contributed by atoms with Gasteiger partial charge in [-0.05, 0) is 59.3 Å². The van der Waals surface area contributed by atoms with Crippen LogP contribution in [0.4, 0.5) is 0 Å². The molecule has 124 valence electrons. The molecule has 1 N–H and O–H groups in total. The molecular formula is C17H25N5O. The van der Waals surface area contributed by atoms with Crippen molar-refractivity contribution in [2.24, 2.45) is 11.8 Å². The van der Waals surface area contributed by atoms with E-state index in [2.05, 4.69) is 40.3 Å². The molecule has 6 nitrogen and oxygen atoms in total. The Balaban J connectivity index is 1.71. The third kappa shape index (κ3) is 3.69. The van der Waals surface area contributed by atoms with Crippen molar-refractivity contribution < 1.29 is 5.11 Å². The summed E-state index contributed by atoms with van der Waals surface area (Å²) in [5.74, 6) is 1.61. The lowest BCUT2D eigenvalue weighted by molar-refractivity contribution is 0.0610. The highest BCUT2D eigenvalue weighted by atomic mass is 16.3. The maximum atomic E-state index is 9.84. The first-order chi connectivity index (χ1) is 11.1. The molecule has 1 saturated heterocycles. The maximum absolute atomic E-state index is 9.84. The van der Waals surface area contributed by atoms with Crippen molar-refractivity contribution in [2.45, 2.75) is 39.3 Å². The number of piperidine rings is 1. The SMILES string of the molecule is C[C@H]1CCN(CCCn2cnnn2)C(c2cccc(O)c2)[C@@H]1C. The first-order valence-corrected chi connectivity index (χ1v) is 8.39. The molecule has 0 bridgehead atoms. The van der Waals surface area contributed by atoms with Gasteiger partial charge in [-0.2, -0.15) is 0 Å². The normalized spacial score (nSPS) is 25.6. The van der Waals surface area contributed by atoms with Crippen molar-refractivity contribution in [3.8, 4) is 5.75 Å². The summed E-state index contributed by atoms with van der Waals surface area (Å²) in [5, 5.41) is 21.1. The maximum Gasteiger partial charge on any atom is 0.138 e. The van der Waals surface area contributed by atoms with Crippen LogP contribution in [0.1, 0.15) is 38.3 Å². The topological polar surface area (TPSA) is 67.1 Å². The van der Waals surface area contributed by atoms with Crippen LogP contribution in [-0.4, -0.2) is 43.3 Å². The number of phenolic OH excluding ortho intramolecular Hbond substituents is 1. The van der Waals surface area contributed by atoms with Crippen molar-refractivity contribution in [1.29, 1.82) is 0 Å². The number of tetrazole rings is 1. The highest BCUT2D eigenvalue weighted by Crippen LogP contribution is 2.39. The van der Waals surface area contributed by atoms with Gasteiger partial charge < -0.3 is 5.11 Å². The number of aromatic nitrogens is 4. The number of likely N-dealkylation sites (tertiary alicyclic amines) is 1. The van der Waals surface area contributed by atoms with Crippen LogP contribution < -0.4 is 0 Å².